The van der Waals surface area contributed by atoms with Gasteiger partial charge in [0.05, 0.1) is 23.4 Å². The smallest absolute Gasteiger partial charge is 0.324 e. The number of anilines is 1. The quantitative estimate of drug-likeness (QED) is 0.855. The second-order valence-corrected chi connectivity index (χ2v) is 5.60. The Bertz CT molecular complexity index is 844. The van der Waals surface area contributed by atoms with Gasteiger partial charge < -0.3 is 5.32 Å². The van der Waals surface area contributed by atoms with Crippen molar-refractivity contribution in [3.63, 3.8) is 0 Å². The number of carbonyl (C=O) groups is 1. The van der Waals surface area contributed by atoms with Gasteiger partial charge in [-0.1, -0.05) is 0 Å². The van der Waals surface area contributed by atoms with E-state index in [-0.39, 0.29) is 5.69 Å². The van der Waals surface area contributed by atoms with Crippen molar-refractivity contribution in [2.24, 2.45) is 0 Å². The van der Waals surface area contributed by atoms with Crippen molar-refractivity contribution in [2.45, 2.75) is 25.6 Å². The van der Waals surface area contributed by atoms with Gasteiger partial charge in [0.1, 0.15) is 5.54 Å². The molecule has 0 saturated heterocycles. The first kappa shape index (κ1) is 18.4. The van der Waals surface area contributed by atoms with Crippen molar-refractivity contribution in [3.05, 3.63) is 47.3 Å². The number of aromatic nitrogens is 2. The van der Waals surface area contributed by atoms with Gasteiger partial charge in [-0.25, -0.2) is 4.39 Å². The summed E-state index contributed by atoms with van der Waals surface area (Å²) in [5, 5.41) is 14.2. The molecule has 0 atom stereocenters. The number of nitriles is 1. The average molecular weight is 358 g/mol. The monoisotopic (exact) mass is 358 g/mol. The Morgan fingerprint density at radius 2 is 1.92 bits per heavy atom. The number of rotatable bonds is 3. The first-order valence-electron chi connectivity index (χ1n) is 6.80. The molecule has 1 amide bonds. The Morgan fingerprint density at radius 3 is 2.40 bits per heavy atom. The Hall–Kier alpha value is -2.96. The summed E-state index contributed by atoms with van der Waals surface area (Å²) in [6, 6.07) is 4.06. The fraction of sp³-hybridized carbons (Fsp3) is 0.267. The Kier molecular flexibility index (Phi) is 4.53. The van der Waals surface area contributed by atoms with Crippen LogP contribution in [0.15, 0.2) is 24.4 Å². The third-order valence-corrected chi connectivity index (χ3v) is 3.46. The van der Waals surface area contributed by atoms with Crippen molar-refractivity contribution >= 4 is 11.6 Å². The Balaban J connectivity index is 2.33. The van der Waals surface area contributed by atoms with Crippen LogP contribution < -0.4 is 5.32 Å². The molecular weight excluding hydrogens is 347 g/mol. The van der Waals surface area contributed by atoms with Gasteiger partial charge in [0.2, 0.25) is 0 Å². The third-order valence-electron chi connectivity index (χ3n) is 3.46. The molecule has 0 aliphatic heterocycles. The molecule has 1 aromatic carbocycles. The second kappa shape index (κ2) is 6.16. The van der Waals surface area contributed by atoms with Gasteiger partial charge in [-0.05, 0) is 32.0 Å². The van der Waals surface area contributed by atoms with Gasteiger partial charge in [-0.15, -0.1) is 5.10 Å². The number of hydrogen-bond acceptors (Lipinski definition) is 3. The number of benzene rings is 1. The summed E-state index contributed by atoms with van der Waals surface area (Å²) in [5.74, 6) is -3.52. The van der Waals surface area contributed by atoms with Gasteiger partial charge >= 0.3 is 6.18 Å². The lowest BCUT2D eigenvalue weighted by molar-refractivity contribution is -0.137. The fourth-order valence-electron chi connectivity index (χ4n) is 1.96. The van der Waals surface area contributed by atoms with Gasteiger partial charge in [0.25, 0.3) is 11.9 Å². The minimum absolute atomic E-state index is 0.225. The fourth-order valence-corrected chi connectivity index (χ4v) is 1.96. The van der Waals surface area contributed by atoms with E-state index in [1.165, 1.54) is 19.9 Å². The summed E-state index contributed by atoms with van der Waals surface area (Å²) < 4.78 is 65.7. The first-order chi connectivity index (χ1) is 11.5. The maximum absolute atomic E-state index is 13.1. The molecule has 0 bridgehead atoms. The third kappa shape index (κ3) is 3.60. The lowest BCUT2D eigenvalue weighted by Gasteiger charge is -2.24. The van der Waals surface area contributed by atoms with Gasteiger partial charge in [0.15, 0.2) is 5.82 Å². The van der Waals surface area contributed by atoms with Crippen molar-refractivity contribution in [2.75, 3.05) is 5.32 Å². The molecule has 0 saturated carbocycles. The predicted octanol–water partition coefficient (Wildman–Crippen LogP) is 3.43. The number of hydrogen-bond donors (Lipinski definition) is 1. The first-order valence-corrected chi connectivity index (χ1v) is 6.80. The van der Waals surface area contributed by atoms with Crippen LogP contribution in [0.2, 0.25) is 0 Å². The summed E-state index contributed by atoms with van der Waals surface area (Å²) >= 11 is 0. The normalized spacial score (nSPS) is 11.9. The summed E-state index contributed by atoms with van der Waals surface area (Å²) in [7, 11) is 0. The van der Waals surface area contributed by atoms with Gasteiger partial charge in [0, 0.05) is 5.69 Å². The van der Waals surface area contributed by atoms with Crippen molar-refractivity contribution in [3.8, 4) is 6.07 Å². The molecule has 2 rings (SSSR count). The highest BCUT2D eigenvalue weighted by molar-refractivity contribution is 5.96. The number of nitrogens with one attached hydrogen (secondary N) is 1. The number of alkyl halides is 3. The summed E-state index contributed by atoms with van der Waals surface area (Å²) in [6.45, 7) is 2.56. The summed E-state index contributed by atoms with van der Waals surface area (Å²) in [6.07, 6.45) is -4.12. The van der Waals surface area contributed by atoms with Crippen LogP contribution in [0.1, 0.15) is 25.0 Å². The van der Waals surface area contributed by atoms with E-state index in [2.05, 4.69) is 10.4 Å². The lowest BCUT2D eigenvalue weighted by Crippen LogP contribution is -2.40. The molecule has 0 unspecified atom stereocenters. The zero-order valence-corrected chi connectivity index (χ0v) is 12.9. The van der Waals surface area contributed by atoms with Crippen LogP contribution in [-0.4, -0.2) is 15.7 Å². The number of amides is 1. The molecule has 25 heavy (non-hydrogen) atoms. The molecule has 0 spiro atoms. The SMILES string of the molecule is CC(C)(C(=O)Nc1ccc(C#N)c(C(F)(F)F)c1)n1cc(F)c(F)n1. The number of nitrogens with zero attached hydrogens (tertiary/aromatic N) is 3. The highest BCUT2D eigenvalue weighted by Gasteiger charge is 2.35. The van der Waals surface area contributed by atoms with Crippen LogP contribution in [0.4, 0.5) is 27.6 Å². The molecule has 1 N–H and O–H groups in total. The standard InChI is InChI=1S/C15H11F5N4O/c1-14(2,24-7-11(16)12(17)23-24)13(25)22-9-4-3-8(6-21)10(5-9)15(18,19)20/h3-5,7H,1-2H3,(H,22,25). The molecule has 0 aliphatic carbocycles. The molecule has 2 aromatic rings. The molecular formula is C15H11F5N4O. The van der Waals surface area contributed by atoms with E-state index < -0.39 is 40.5 Å². The summed E-state index contributed by atoms with van der Waals surface area (Å²) in [5.41, 5.74) is -3.61. The van der Waals surface area contributed by atoms with Crippen molar-refractivity contribution < 1.29 is 26.7 Å². The minimum atomic E-state index is -4.78. The molecule has 0 aliphatic rings. The van der Waals surface area contributed by atoms with E-state index in [4.69, 9.17) is 5.26 Å². The zero-order valence-electron chi connectivity index (χ0n) is 12.9. The van der Waals surface area contributed by atoms with Crippen molar-refractivity contribution in [1.82, 2.24) is 9.78 Å². The van der Waals surface area contributed by atoms with Crippen LogP contribution in [-0.2, 0) is 16.5 Å². The van der Waals surface area contributed by atoms with Crippen LogP contribution in [0.25, 0.3) is 0 Å². The van der Waals surface area contributed by atoms with Crippen LogP contribution >= 0.6 is 0 Å². The minimum Gasteiger partial charge on any atom is -0.324 e. The summed E-state index contributed by atoms with van der Waals surface area (Å²) in [4.78, 5) is 12.3. The highest BCUT2D eigenvalue weighted by atomic mass is 19.4. The van der Waals surface area contributed by atoms with E-state index >= 15 is 0 Å². The van der Waals surface area contributed by atoms with Crippen molar-refractivity contribution in [1.29, 1.82) is 5.26 Å². The molecule has 0 fully saturated rings. The highest BCUT2D eigenvalue weighted by Crippen LogP contribution is 2.33. The van der Waals surface area contributed by atoms with E-state index in [9.17, 15) is 26.7 Å². The predicted molar refractivity (Wildman–Crippen MR) is 76.3 cm³/mol. The van der Waals surface area contributed by atoms with Crippen LogP contribution in [0.3, 0.4) is 0 Å². The molecule has 1 heterocycles. The number of halogens is 5. The van der Waals surface area contributed by atoms with Gasteiger partial charge in [-0.2, -0.15) is 22.8 Å². The van der Waals surface area contributed by atoms with E-state index in [1.807, 2.05) is 0 Å². The molecule has 5 nitrogen and oxygen atoms in total. The molecule has 10 heteroatoms. The lowest BCUT2D eigenvalue weighted by atomic mass is 10.0. The number of carbonyl (C=O) groups excluding carboxylic acids is 1. The molecule has 0 radical (unpaired) electrons. The molecule has 1 aromatic heterocycles. The van der Waals surface area contributed by atoms with Crippen LogP contribution in [0.5, 0.6) is 0 Å². The Morgan fingerprint density at radius 1 is 1.28 bits per heavy atom. The zero-order chi connectivity index (χ0) is 19.0. The van der Waals surface area contributed by atoms with Crippen LogP contribution in [0, 0.1) is 23.1 Å². The largest absolute Gasteiger partial charge is 0.417 e. The topological polar surface area (TPSA) is 70.7 Å². The van der Waals surface area contributed by atoms with E-state index in [1.54, 1.807) is 0 Å². The van der Waals surface area contributed by atoms with E-state index in [0.29, 0.717) is 12.3 Å². The second-order valence-electron chi connectivity index (χ2n) is 5.60. The van der Waals surface area contributed by atoms with E-state index in [0.717, 1.165) is 16.8 Å². The Labute approximate surface area is 138 Å². The maximum Gasteiger partial charge on any atom is 0.417 e. The molecule has 132 valence electrons. The van der Waals surface area contributed by atoms with Gasteiger partial charge in [-0.3, -0.25) is 9.48 Å². The average Bonchev–Trinajstić information content (AvgIpc) is 2.86. The maximum atomic E-state index is 13.1.